The Balaban J connectivity index is 1.57. The third-order valence-corrected chi connectivity index (χ3v) is 5.75. The van der Waals surface area contributed by atoms with Gasteiger partial charge in [0.15, 0.2) is 0 Å². The van der Waals surface area contributed by atoms with E-state index >= 15 is 0 Å². The highest BCUT2D eigenvalue weighted by Crippen LogP contribution is 2.30. The summed E-state index contributed by atoms with van der Waals surface area (Å²) in [6, 6.07) is 11.2. The van der Waals surface area contributed by atoms with Crippen molar-refractivity contribution in [1.29, 1.82) is 0 Å². The zero-order valence-electron chi connectivity index (χ0n) is 15.7. The Bertz CT molecular complexity index is 1140. The quantitative estimate of drug-likeness (QED) is 0.630. The Morgan fingerprint density at radius 3 is 2.30 bits per heavy atom. The molecule has 0 saturated heterocycles. The lowest BCUT2D eigenvalue weighted by Crippen LogP contribution is -2.26. The highest BCUT2D eigenvalue weighted by atomic mass is 32.2. The van der Waals surface area contributed by atoms with Gasteiger partial charge in [0, 0.05) is 24.1 Å². The predicted molar refractivity (Wildman–Crippen MR) is 102 cm³/mol. The van der Waals surface area contributed by atoms with Crippen molar-refractivity contribution < 1.29 is 30.8 Å². The van der Waals surface area contributed by atoms with E-state index in [1.54, 1.807) is 0 Å². The fourth-order valence-corrected chi connectivity index (χ4v) is 3.34. The van der Waals surface area contributed by atoms with E-state index in [-0.39, 0.29) is 12.1 Å². The standard InChI is InChI=1S/C20H17F3N2O4S/c1-13-2-4-15(5-3-13)19-25-16(12-29-19)10-11-24-18(26)14-6-8-17(9-7-14)30(27,28)20(21,22)23/h2-9,12H,10-11H2,1H3,(H,24,26). The van der Waals surface area contributed by atoms with Crippen molar-refractivity contribution in [2.45, 2.75) is 23.7 Å². The Morgan fingerprint density at radius 1 is 1.07 bits per heavy atom. The average Bonchev–Trinajstić information content (AvgIpc) is 3.16. The molecule has 0 atom stereocenters. The minimum absolute atomic E-state index is 0.0385. The maximum absolute atomic E-state index is 12.6. The maximum Gasteiger partial charge on any atom is 0.501 e. The van der Waals surface area contributed by atoms with E-state index in [1.165, 1.54) is 6.26 Å². The van der Waals surface area contributed by atoms with Crippen LogP contribution in [0.2, 0.25) is 0 Å². The fraction of sp³-hybridized carbons (Fsp3) is 0.200. The van der Waals surface area contributed by atoms with Gasteiger partial charge < -0.3 is 9.73 Å². The molecule has 0 unspecified atom stereocenters. The van der Waals surface area contributed by atoms with Crippen LogP contribution < -0.4 is 5.32 Å². The van der Waals surface area contributed by atoms with Crippen LogP contribution in [0.3, 0.4) is 0 Å². The fourth-order valence-electron chi connectivity index (χ4n) is 2.58. The molecular weight excluding hydrogens is 421 g/mol. The summed E-state index contributed by atoms with van der Waals surface area (Å²) in [4.78, 5) is 15.6. The van der Waals surface area contributed by atoms with Gasteiger partial charge in [-0.1, -0.05) is 17.7 Å². The number of alkyl halides is 3. The van der Waals surface area contributed by atoms with E-state index in [4.69, 9.17) is 4.42 Å². The van der Waals surface area contributed by atoms with Gasteiger partial charge in [-0.25, -0.2) is 13.4 Å². The molecule has 0 aliphatic rings. The number of aromatic nitrogens is 1. The van der Waals surface area contributed by atoms with Gasteiger partial charge in [-0.3, -0.25) is 4.79 Å². The summed E-state index contributed by atoms with van der Waals surface area (Å²) in [5, 5.41) is 2.60. The smallest absolute Gasteiger partial charge is 0.444 e. The van der Waals surface area contributed by atoms with E-state index in [1.807, 2.05) is 31.2 Å². The number of hydrogen-bond acceptors (Lipinski definition) is 5. The molecule has 0 bridgehead atoms. The Morgan fingerprint density at radius 2 is 1.70 bits per heavy atom. The molecule has 10 heteroatoms. The molecule has 2 aromatic carbocycles. The minimum atomic E-state index is -5.45. The number of aryl methyl sites for hydroxylation is 1. The van der Waals surface area contributed by atoms with Crippen molar-refractivity contribution in [2.75, 3.05) is 6.54 Å². The Labute approximate surface area is 170 Å². The van der Waals surface area contributed by atoms with E-state index in [0.717, 1.165) is 35.4 Å². The molecule has 1 aromatic heterocycles. The molecule has 0 aliphatic carbocycles. The number of oxazole rings is 1. The van der Waals surface area contributed by atoms with Gasteiger partial charge in [0.1, 0.15) is 6.26 Å². The normalized spacial score (nSPS) is 12.0. The van der Waals surface area contributed by atoms with Crippen LogP contribution in [0.4, 0.5) is 13.2 Å². The third-order valence-electron chi connectivity index (χ3n) is 4.25. The average molecular weight is 438 g/mol. The lowest BCUT2D eigenvalue weighted by atomic mass is 10.1. The summed E-state index contributed by atoms with van der Waals surface area (Å²) < 4.78 is 65.8. The van der Waals surface area contributed by atoms with Gasteiger partial charge in [-0.15, -0.1) is 0 Å². The number of hydrogen-bond donors (Lipinski definition) is 1. The Kier molecular flexibility index (Phi) is 5.97. The summed E-state index contributed by atoms with van der Waals surface area (Å²) in [7, 11) is -5.45. The van der Waals surface area contributed by atoms with Crippen LogP contribution in [0.25, 0.3) is 11.5 Å². The zero-order chi connectivity index (χ0) is 21.9. The van der Waals surface area contributed by atoms with Gasteiger partial charge >= 0.3 is 5.51 Å². The molecule has 158 valence electrons. The lowest BCUT2D eigenvalue weighted by Gasteiger charge is -2.09. The van der Waals surface area contributed by atoms with Gasteiger partial charge in [0.2, 0.25) is 5.89 Å². The van der Waals surface area contributed by atoms with Crippen LogP contribution in [0.15, 0.2) is 64.1 Å². The summed E-state index contributed by atoms with van der Waals surface area (Å²) in [5.74, 6) is -0.0917. The zero-order valence-corrected chi connectivity index (χ0v) is 16.5. The first kappa shape index (κ1) is 21.6. The highest BCUT2D eigenvalue weighted by Gasteiger charge is 2.46. The second kappa shape index (κ2) is 8.31. The number of amides is 1. The van der Waals surface area contributed by atoms with Gasteiger partial charge in [-0.05, 0) is 43.3 Å². The number of sulfone groups is 1. The monoisotopic (exact) mass is 438 g/mol. The molecule has 0 aliphatic heterocycles. The molecule has 0 spiro atoms. The second-order valence-corrected chi connectivity index (χ2v) is 8.43. The molecule has 30 heavy (non-hydrogen) atoms. The van der Waals surface area contributed by atoms with Crippen LogP contribution in [0, 0.1) is 6.92 Å². The lowest BCUT2D eigenvalue weighted by molar-refractivity contribution is -0.0436. The van der Waals surface area contributed by atoms with Crippen LogP contribution in [0.5, 0.6) is 0 Å². The first-order chi connectivity index (χ1) is 14.1. The molecule has 0 fully saturated rings. The highest BCUT2D eigenvalue weighted by molar-refractivity contribution is 7.92. The van der Waals surface area contributed by atoms with E-state index in [9.17, 15) is 26.4 Å². The summed E-state index contributed by atoms with van der Waals surface area (Å²) in [5.41, 5.74) is -2.80. The van der Waals surface area contributed by atoms with Gasteiger partial charge in [-0.2, -0.15) is 13.2 Å². The number of nitrogens with zero attached hydrogens (tertiary/aromatic N) is 1. The SMILES string of the molecule is Cc1ccc(-c2nc(CCNC(=O)c3ccc(S(=O)(=O)C(F)(F)F)cc3)co2)cc1. The van der Waals surface area contributed by atoms with E-state index in [2.05, 4.69) is 10.3 Å². The van der Waals surface area contributed by atoms with Crippen molar-refractivity contribution in [3.05, 3.63) is 71.6 Å². The Hall–Kier alpha value is -3.14. The maximum atomic E-state index is 12.6. The van der Waals surface area contributed by atoms with Gasteiger partial charge in [0.05, 0.1) is 10.6 Å². The molecular formula is C20H17F3N2O4S. The minimum Gasteiger partial charge on any atom is -0.444 e. The first-order valence-electron chi connectivity index (χ1n) is 8.79. The molecule has 1 N–H and O–H groups in total. The number of carbonyl (C=O) groups excluding carboxylic acids is 1. The largest absolute Gasteiger partial charge is 0.501 e. The summed E-state index contributed by atoms with van der Waals surface area (Å²) in [6.45, 7) is 2.18. The van der Waals surface area contributed by atoms with Crippen molar-refractivity contribution in [1.82, 2.24) is 10.3 Å². The molecule has 1 amide bonds. The van der Waals surface area contributed by atoms with Crippen molar-refractivity contribution >= 4 is 15.7 Å². The number of nitrogens with one attached hydrogen (secondary N) is 1. The molecule has 3 aromatic rings. The predicted octanol–water partition coefficient (Wildman–Crippen LogP) is 3.92. The third kappa shape index (κ3) is 4.70. The molecule has 0 saturated carbocycles. The summed E-state index contributed by atoms with van der Waals surface area (Å²) >= 11 is 0. The number of rotatable bonds is 6. The number of halogens is 3. The van der Waals surface area contributed by atoms with Crippen molar-refractivity contribution in [3.63, 3.8) is 0 Å². The van der Waals surface area contributed by atoms with Crippen LogP contribution >= 0.6 is 0 Å². The molecule has 3 rings (SSSR count). The van der Waals surface area contributed by atoms with Crippen LogP contribution in [0.1, 0.15) is 21.6 Å². The first-order valence-corrected chi connectivity index (χ1v) is 10.3. The van der Waals surface area contributed by atoms with E-state index < -0.39 is 26.1 Å². The number of benzene rings is 2. The van der Waals surface area contributed by atoms with Crippen molar-refractivity contribution in [2.24, 2.45) is 0 Å². The van der Waals surface area contributed by atoms with Crippen LogP contribution in [-0.2, 0) is 16.3 Å². The second-order valence-electron chi connectivity index (χ2n) is 6.49. The van der Waals surface area contributed by atoms with Gasteiger partial charge in [0.25, 0.3) is 15.7 Å². The molecule has 0 radical (unpaired) electrons. The van der Waals surface area contributed by atoms with Crippen molar-refractivity contribution in [3.8, 4) is 11.5 Å². The topological polar surface area (TPSA) is 89.3 Å². The molecule has 1 heterocycles. The van der Waals surface area contributed by atoms with E-state index in [0.29, 0.717) is 18.0 Å². The summed E-state index contributed by atoms with van der Waals surface area (Å²) in [6.07, 6.45) is 1.86. The van der Waals surface area contributed by atoms with Crippen LogP contribution in [-0.4, -0.2) is 31.4 Å². The number of carbonyl (C=O) groups is 1. The molecule has 6 nitrogen and oxygen atoms in total.